The third-order valence-electron chi connectivity index (χ3n) is 6.51. The lowest BCUT2D eigenvalue weighted by Gasteiger charge is -2.34. The van der Waals surface area contributed by atoms with E-state index in [1.165, 1.54) is 18.4 Å². The summed E-state index contributed by atoms with van der Waals surface area (Å²) in [6.07, 6.45) is 4.75. The Morgan fingerprint density at radius 3 is 2.58 bits per heavy atom. The van der Waals surface area contributed by atoms with E-state index < -0.39 is 0 Å². The van der Waals surface area contributed by atoms with Gasteiger partial charge in [-0.3, -0.25) is 4.90 Å². The van der Waals surface area contributed by atoms with Gasteiger partial charge in [0.05, 0.1) is 13.2 Å². The number of hydrogen-bond donors (Lipinski definition) is 1. The highest BCUT2D eigenvalue weighted by Crippen LogP contribution is 2.34. The maximum absolute atomic E-state index is 12.9. The summed E-state index contributed by atoms with van der Waals surface area (Å²) in [5.74, 6) is 2.99. The van der Waals surface area contributed by atoms with Gasteiger partial charge in [0.2, 0.25) is 6.79 Å². The van der Waals surface area contributed by atoms with Crippen LogP contribution in [-0.4, -0.2) is 62.0 Å². The molecule has 1 saturated carbocycles. The van der Waals surface area contributed by atoms with Gasteiger partial charge in [-0.15, -0.1) is 0 Å². The fourth-order valence-electron chi connectivity index (χ4n) is 4.64. The first-order valence-corrected chi connectivity index (χ1v) is 11.7. The van der Waals surface area contributed by atoms with E-state index in [4.69, 9.17) is 18.9 Å². The molecule has 0 atom stereocenters. The molecule has 5 rings (SSSR count). The van der Waals surface area contributed by atoms with Crippen LogP contribution in [0.1, 0.15) is 31.2 Å². The van der Waals surface area contributed by atoms with E-state index in [-0.39, 0.29) is 18.9 Å². The van der Waals surface area contributed by atoms with Crippen LogP contribution in [0.15, 0.2) is 36.4 Å². The van der Waals surface area contributed by atoms with Crippen LogP contribution in [0.5, 0.6) is 23.0 Å². The van der Waals surface area contributed by atoms with E-state index in [0.29, 0.717) is 24.6 Å². The molecule has 176 valence electrons. The second kappa shape index (κ2) is 9.79. The van der Waals surface area contributed by atoms with Crippen molar-refractivity contribution in [3.8, 4) is 23.0 Å². The predicted molar refractivity (Wildman–Crippen MR) is 124 cm³/mol. The SMILES string of the molecule is COc1ccc(NC(=O)N2CCN(Cc3ccc4c(c3)OCO4)CC2)cc1OC1CCCC1. The minimum Gasteiger partial charge on any atom is -0.493 e. The summed E-state index contributed by atoms with van der Waals surface area (Å²) >= 11 is 0. The van der Waals surface area contributed by atoms with E-state index in [9.17, 15) is 4.79 Å². The van der Waals surface area contributed by atoms with E-state index in [0.717, 1.165) is 49.7 Å². The Kier molecular flexibility index (Phi) is 6.44. The molecule has 3 aliphatic rings. The molecule has 8 nitrogen and oxygen atoms in total. The fourth-order valence-corrected chi connectivity index (χ4v) is 4.64. The minimum absolute atomic E-state index is 0.0882. The van der Waals surface area contributed by atoms with Gasteiger partial charge in [0.15, 0.2) is 23.0 Å². The van der Waals surface area contributed by atoms with Crippen LogP contribution in [0, 0.1) is 0 Å². The second-order valence-corrected chi connectivity index (χ2v) is 8.77. The van der Waals surface area contributed by atoms with Gasteiger partial charge in [-0.2, -0.15) is 0 Å². The standard InChI is InChI=1S/C25H31N3O5/c1-30-21-9-7-19(15-24(21)33-20-4-2-3-5-20)26-25(29)28-12-10-27(11-13-28)16-18-6-8-22-23(14-18)32-17-31-22/h6-9,14-15,20H,2-5,10-13,16-17H2,1H3,(H,26,29). The number of nitrogens with zero attached hydrogens (tertiary/aromatic N) is 2. The number of amides is 2. The first-order chi connectivity index (χ1) is 16.2. The zero-order valence-electron chi connectivity index (χ0n) is 19.0. The number of fused-ring (bicyclic) bond motifs is 1. The van der Waals surface area contributed by atoms with Gasteiger partial charge >= 0.3 is 6.03 Å². The second-order valence-electron chi connectivity index (χ2n) is 8.77. The highest BCUT2D eigenvalue weighted by molar-refractivity contribution is 5.89. The van der Waals surface area contributed by atoms with Gasteiger partial charge in [0, 0.05) is 44.5 Å². The van der Waals surface area contributed by atoms with Crippen LogP contribution in [0.4, 0.5) is 10.5 Å². The summed E-state index contributed by atoms with van der Waals surface area (Å²) in [5, 5.41) is 3.02. The zero-order valence-corrected chi connectivity index (χ0v) is 19.0. The normalized spacial score (nSPS) is 18.4. The Morgan fingerprint density at radius 2 is 1.79 bits per heavy atom. The predicted octanol–water partition coefficient (Wildman–Crippen LogP) is 4.10. The average molecular weight is 454 g/mol. The highest BCUT2D eigenvalue weighted by Gasteiger charge is 2.23. The van der Waals surface area contributed by atoms with Gasteiger partial charge in [-0.1, -0.05) is 6.07 Å². The number of rotatable bonds is 6. The van der Waals surface area contributed by atoms with Crippen molar-refractivity contribution in [1.29, 1.82) is 0 Å². The number of urea groups is 1. The molecule has 2 fully saturated rings. The Balaban J connectivity index is 1.14. The number of ether oxygens (including phenoxy) is 4. The van der Waals surface area contributed by atoms with Gasteiger partial charge in [0.1, 0.15) is 0 Å². The number of carbonyl (C=O) groups excluding carboxylic acids is 1. The number of anilines is 1. The molecule has 1 N–H and O–H groups in total. The lowest BCUT2D eigenvalue weighted by Crippen LogP contribution is -2.49. The van der Waals surface area contributed by atoms with E-state index in [1.54, 1.807) is 7.11 Å². The number of methoxy groups -OCH3 is 1. The van der Waals surface area contributed by atoms with Crippen molar-refractivity contribution in [2.24, 2.45) is 0 Å². The molecule has 2 amide bonds. The smallest absolute Gasteiger partial charge is 0.321 e. The molecular weight excluding hydrogens is 422 g/mol. The monoisotopic (exact) mass is 453 g/mol. The van der Waals surface area contributed by atoms with Crippen LogP contribution in [0.2, 0.25) is 0 Å². The number of carbonyl (C=O) groups is 1. The van der Waals surface area contributed by atoms with Crippen LogP contribution in [0.3, 0.4) is 0 Å². The van der Waals surface area contributed by atoms with Crippen molar-refractivity contribution < 1.29 is 23.7 Å². The number of piperazine rings is 1. The molecule has 0 spiro atoms. The quantitative estimate of drug-likeness (QED) is 0.710. The molecule has 2 aromatic carbocycles. The van der Waals surface area contributed by atoms with E-state index in [2.05, 4.69) is 16.3 Å². The minimum atomic E-state index is -0.0882. The maximum atomic E-state index is 12.9. The lowest BCUT2D eigenvalue weighted by atomic mass is 10.1. The molecule has 0 bridgehead atoms. The molecule has 1 saturated heterocycles. The molecule has 2 aliphatic heterocycles. The van der Waals surface area contributed by atoms with Crippen molar-refractivity contribution in [2.45, 2.75) is 38.3 Å². The molecule has 0 aromatic heterocycles. The molecule has 8 heteroatoms. The Labute approximate surface area is 194 Å². The third kappa shape index (κ3) is 5.11. The van der Waals surface area contributed by atoms with E-state index in [1.807, 2.05) is 35.2 Å². The Hall–Kier alpha value is -3.13. The van der Waals surface area contributed by atoms with Crippen molar-refractivity contribution in [1.82, 2.24) is 9.80 Å². The largest absolute Gasteiger partial charge is 0.493 e. The molecule has 1 aliphatic carbocycles. The zero-order chi connectivity index (χ0) is 22.6. The summed E-state index contributed by atoms with van der Waals surface area (Å²) in [6.45, 7) is 4.11. The van der Waals surface area contributed by atoms with Crippen LogP contribution in [0.25, 0.3) is 0 Å². The Bertz CT molecular complexity index is 984. The van der Waals surface area contributed by atoms with Crippen molar-refractivity contribution in [3.05, 3.63) is 42.0 Å². The van der Waals surface area contributed by atoms with Gasteiger partial charge in [-0.25, -0.2) is 4.79 Å². The summed E-state index contributed by atoms with van der Waals surface area (Å²) in [7, 11) is 1.64. The summed E-state index contributed by atoms with van der Waals surface area (Å²) < 4.78 is 22.5. The fraction of sp³-hybridized carbons (Fsp3) is 0.480. The van der Waals surface area contributed by atoms with Gasteiger partial charge < -0.3 is 29.2 Å². The summed E-state index contributed by atoms with van der Waals surface area (Å²) in [4.78, 5) is 17.1. The summed E-state index contributed by atoms with van der Waals surface area (Å²) in [5.41, 5.74) is 1.90. The van der Waals surface area contributed by atoms with Crippen molar-refractivity contribution in [2.75, 3.05) is 45.4 Å². The highest BCUT2D eigenvalue weighted by atomic mass is 16.7. The van der Waals surface area contributed by atoms with Gasteiger partial charge in [0.25, 0.3) is 0 Å². The van der Waals surface area contributed by atoms with Gasteiger partial charge in [-0.05, 0) is 55.5 Å². The third-order valence-corrected chi connectivity index (χ3v) is 6.51. The first kappa shape index (κ1) is 21.7. The molecular formula is C25H31N3O5. The number of hydrogen-bond acceptors (Lipinski definition) is 6. The van der Waals surface area contributed by atoms with E-state index >= 15 is 0 Å². The number of nitrogens with one attached hydrogen (secondary N) is 1. The van der Waals surface area contributed by atoms with Crippen LogP contribution in [-0.2, 0) is 6.54 Å². The van der Waals surface area contributed by atoms with Crippen LogP contribution < -0.4 is 24.3 Å². The molecule has 0 radical (unpaired) electrons. The topological polar surface area (TPSA) is 72.5 Å². The molecule has 33 heavy (non-hydrogen) atoms. The first-order valence-electron chi connectivity index (χ1n) is 11.7. The lowest BCUT2D eigenvalue weighted by molar-refractivity contribution is 0.143. The van der Waals surface area contributed by atoms with Crippen molar-refractivity contribution >= 4 is 11.7 Å². The average Bonchev–Trinajstić information content (AvgIpc) is 3.51. The Morgan fingerprint density at radius 1 is 1.00 bits per heavy atom. The molecule has 2 aromatic rings. The van der Waals surface area contributed by atoms with Crippen molar-refractivity contribution in [3.63, 3.8) is 0 Å². The summed E-state index contributed by atoms with van der Waals surface area (Å²) in [6, 6.07) is 11.6. The molecule has 2 heterocycles. The molecule has 0 unspecified atom stereocenters. The van der Waals surface area contributed by atoms with Crippen LogP contribution >= 0.6 is 0 Å². The number of benzene rings is 2. The maximum Gasteiger partial charge on any atom is 0.321 e.